The molecule has 1 atom stereocenters. The summed E-state index contributed by atoms with van der Waals surface area (Å²) in [5.41, 5.74) is 0.309. The van der Waals surface area contributed by atoms with Gasteiger partial charge in [0, 0.05) is 12.8 Å². The zero-order valence-corrected chi connectivity index (χ0v) is 12.9. The van der Waals surface area contributed by atoms with Gasteiger partial charge in [-0.05, 0) is 37.3 Å². The van der Waals surface area contributed by atoms with Crippen LogP contribution < -0.4 is 0 Å². The second-order valence-electron chi connectivity index (χ2n) is 5.63. The van der Waals surface area contributed by atoms with Gasteiger partial charge in [0.15, 0.2) is 0 Å². The van der Waals surface area contributed by atoms with Gasteiger partial charge in [0.1, 0.15) is 0 Å². The molecule has 0 saturated heterocycles. The van der Waals surface area contributed by atoms with E-state index in [9.17, 15) is 0 Å². The Morgan fingerprint density at radius 3 is 2.24 bits per heavy atom. The minimum absolute atomic E-state index is 0.309. The van der Waals surface area contributed by atoms with E-state index < -0.39 is 9.04 Å². The Balaban J connectivity index is 4.08. The summed E-state index contributed by atoms with van der Waals surface area (Å²) in [6, 6.07) is 0. The maximum absolute atomic E-state index is 5.34. The average molecular weight is 249 g/mol. The van der Waals surface area contributed by atoms with Gasteiger partial charge in [-0.2, -0.15) is 0 Å². The number of terminal acetylenes is 1. The van der Waals surface area contributed by atoms with Crippen molar-refractivity contribution in [3.05, 3.63) is 0 Å². The first-order chi connectivity index (χ1) is 7.88. The maximum atomic E-state index is 5.34. The molecular weight excluding hydrogens is 224 g/mol. The van der Waals surface area contributed by atoms with E-state index in [-0.39, 0.29) is 0 Å². The van der Waals surface area contributed by atoms with Crippen LogP contribution in [0.3, 0.4) is 0 Å². The summed E-state index contributed by atoms with van der Waals surface area (Å²) in [5.74, 6) is 6.47. The quantitative estimate of drug-likeness (QED) is 0.527. The van der Waals surface area contributed by atoms with Crippen molar-refractivity contribution in [2.75, 3.05) is 0 Å². The number of hydrogen-bond acceptors (Lipinski definition) is 1. The van der Waals surface area contributed by atoms with E-state index in [0.717, 1.165) is 25.7 Å². The fourth-order valence-electron chi connectivity index (χ4n) is 1.70. The predicted molar refractivity (Wildman–Crippen MR) is 76.6 cm³/mol. The van der Waals surface area contributed by atoms with E-state index in [0.29, 0.717) is 11.3 Å². The SMILES string of the molecule is C#CCCC(CCC#CO[Si](C)C)C(C)(C)C. The molecule has 0 amide bonds. The summed E-state index contributed by atoms with van der Waals surface area (Å²) >= 11 is 0. The topological polar surface area (TPSA) is 9.23 Å². The van der Waals surface area contributed by atoms with Crippen LogP contribution in [0.4, 0.5) is 0 Å². The summed E-state index contributed by atoms with van der Waals surface area (Å²) in [6.45, 7) is 11.0. The molecule has 0 rings (SSSR count). The van der Waals surface area contributed by atoms with Gasteiger partial charge < -0.3 is 4.43 Å². The molecule has 95 valence electrons. The third-order valence-electron chi connectivity index (χ3n) is 2.81. The van der Waals surface area contributed by atoms with Crippen molar-refractivity contribution in [3.8, 4) is 24.4 Å². The van der Waals surface area contributed by atoms with Crippen molar-refractivity contribution in [3.63, 3.8) is 0 Å². The van der Waals surface area contributed by atoms with E-state index in [2.05, 4.69) is 51.8 Å². The maximum Gasteiger partial charge on any atom is 0.289 e. The van der Waals surface area contributed by atoms with Crippen LogP contribution in [0.2, 0.25) is 13.1 Å². The van der Waals surface area contributed by atoms with E-state index in [4.69, 9.17) is 10.8 Å². The van der Waals surface area contributed by atoms with E-state index >= 15 is 0 Å². The first kappa shape index (κ1) is 16.1. The van der Waals surface area contributed by atoms with Crippen LogP contribution in [-0.2, 0) is 4.43 Å². The highest BCUT2D eigenvalue weighted by atomic mass is 28.3. The van der Waals surface area contributed by atoms with E-state index in [1.54, 1.807) is 0 Å². The van der Waals surface area contributed by atoms with E-state index in [1.165, 1.54) is 0 Å². The molecule has 0 aliphatic heterocycles. The smallest absolute Gasteiger partial charge is 0.289 e. The lowest BCUT2D eigenvalue weighted by molar-refractivity contribution is 0.216. The molecule has 2 heteroatoms. The highest BCUT2D eigenvalue weighted by Crippen LogP contribution is 2.33. The first-order valence-electron chi connectivity index (χ1n) is 6.26. The Bertz CT molecular complexity index is 296. The third kappa shape index (κ3) is 8.90. The minimum atomic E-state index is -0.677. The summed E-state index contributed by atoms with van der Waals surface area (Å²) in [4.78, 5) is 0. The molecule has 1 radical (unpaired) electrons. The van der Waals surface area contributed by atoms with Crippen molar-refractivity contribution in [1.29, 1.82) is 0 Å². The van der Waals surface area contributed by atoms with Crippen LogP contribution in [-0.4, -0.2) is 9.04 Å². The van der Waals surface area contributed by atoms with Crippen LogP contribution in [0.1, 0.15) is 46.5 Å². The lowest BCUT2D eigenvalue weighted by atomic mass is 9.76. The summed E-state index contributed by atoms with van der Waals surface area (Å²) in [5, 5.41) is 0. The fraction of sp³-hybridized carbons (Fsp3) is 0.733. The highest BCUT2D eigenvalue weighted by molar-refractivity contribution is 6.48. The van der Waals surface area contributed by atoms with Gasteiger partial charge in [-0.25, -0.2) is 0 Å². The Labute approximate surface area is 109 Å². The Morgan fingerprint density at radius 1 is 1.18 bits per heavy atom. The third-order valence-corrected chi connectivity index (χ3v) is 3.32. The van der Waals surface area contributed by atoms with E-state index in [1.807, 2.05) is 0 Å². The minimum Gasteiger partial charge on any atom is -0.500 e. The van der Waals surface area contributed by atoms with Gasteiger partial charge >= 0.3 is 0 Å². The molecule has 0 saturated carbocycles. The van der Waals surface area contributed by atoms with Crippen LogP contribution in [0.25, 0.3) is 0 Å². The first-order valence-corrected chi connectivity index (χ1v) is 8.67. The van der Waals surface area contributed by atoms with Gasteiger partial charge in [-0.1, -0.05) is 26.7 Å². The van der Waals surface area contributed by atoms with Crippen LogP contribution in [0.5, 0.6) is 0 Å². The zero-order chi connectivity index (χ0) is 13.3. The molecule has 17 heavy (non-hydrogen) atoms. The van der Waals surface area contributed by atoms with Crippen molar-refractivity contribution >= 4 is 9.04 Å². The predicted octanol–water partition coefficient (Wildman–Crippen LogP) is 4.07. The van der Waals surface area contributed by atoms with Crippen molar-refractivity contribution < 1.29 is 4.43 Å². The molecule has 1 nitrogen and oxygen atoms in total. The number of hydrogen-bond donors (Lipinski definition) is 0. The van der Waals surface area contributed by atoms with Gasteiger partial charge in [0.25, 0.3) is 9.04 Å². The van der Waals surface area contributed by atoms with Crippen molar-refractivity contribution in [2.45, 2.75) is 59.5 Å². The lowest BCUT2D eigenvalue weighted by Crippen LogP contribution is -2.20. The second-order valence-corrected chi connectivity index (χ2v) is 7.65. The lowest BCUT2D eigenvalue weighted by Gasteiger charge is -2.29. The average Bonchev–Trinajstić information content (AvgIpc) is 2.19. The second kappa shape index (κ2) is 8.26. The van der Waals surface area contributed by atoms with Crippen LogP contribution in [0.15, 0.2) is 0 Å². The molecule has 0 aliphatic carbocycles. The van der Waals surface area contributed by atoms with Crippen molar-refractivity contribution in [2.24, 2.45) is 11.3 Å². The Hall–Kier alpha value is -0.863. The molecule has 0 aromatic carbocycles. The van der Waals surface area contributed by atoms with Gasteiger partial charge in [-0.3, -0.25) is 0 Å². The largest absolute Gasteiger partial charge is 0.500 e. The van der Waals surface area contributed by atoms with Crippen LogP contribution >= 0.6 is 0 Å². The summed E-state index contributed by atoms with van der Waals surface area (Å²) in [7, 11) is -0.677. The molecule has 0 aromatic rings. The number of rotatable bonds is 5. The molecule has 1 unspecified atom stereocenters. The fourth-order valence-corrected chi connectivity index (χ4v) is 1.98. The van der Waals surface area contributed by atoms with Gasteiger partial charge in [0.2, 0.25) is 0 Å². The molecule has 0 N–H and O–H groups in total. The summed E-state index contributed by atoms with van der Waals surface area (Å²) in [6.07, 6.45) is 12.1. The molecule has 0 spiro atoms. The molecular formula is C15H25OSi. The highest BCUT2D eigenvalue weighted by Gasteiger charge is 2.23. The van der Waals surface area contributed by atoms with Gasteiger partial charge in [0.05, 0.1) is 6.11 Å². The Morgan fingerprint density at radius 2 is 1.76 bits per heavy atom. The molecule has 0 aliphatic rings. The molecule has 0 fully saturated rings. The van der Waals surface area contributed by atoms with Gasteiger partial charge in [-0.15, -0.1) is 12.3 Å². The zero-order valence-electron chi connectivity index (χ0n) is 11.9. The molecule has 0 bridgehead atoms. The Kier molecular flexibility index (Phi) is 7.84. The standard InChI is InChI=1S/C15H25OSi/c1-7-8-11-14(15(2,3)4)12-9-10-13-16-17(5)6/h1,14H,8-9,11-12H2,2-6H3. The summed E-state index contributed by atoms with van der Waals surface area (Å²) < 4.78 is 5.30. The monoisotopic (exact) mass is 249 g/mol. The van der Waals surface area contributed by atoms with Crippen molar-refractivity contribution in [1.82, 2.24) is 0 Å². The molecule has 0 heterocycles. The normalized spacial score (nSPS) is 12.5. The molecule has 0 aromatic heterocycles. The van der Waals surface area contributed by atoms with Crippen LogP contribution in [0, 0.1) is 35.7 Å².